The van der Waals surface area contributed by atoms with Gasteiger partial charge in [-0.1, -0.05) is 54.1 Å². The van der Waals surface area contributed by atoms with Gasteiger partial charge in [-0.05, 0) is 37.0 Å². The summed E-state index contributed by atoms with van der Waals surface area (Å²) in [6.45, 7) is 4.03. The van der Waals surface area contributed by atoms with Crippen LogP contribution < -0.4 is 0 Å². The molecule has 2 aromatic rings. The second-order valence-electron chi connectivity index (χ2n) is 5.37. The van der Waals surface area contributed by atoms with Crippen molar-refractivity contribution in [1.82, 2.24) is 0 Å². The lowest BCUT2D eigenvalue weighted by Crippen LogP contribution is -2.12. The Balaban J connectivity index is 2.06. The first-order valence-electron chi connectivity index (χ1n) is 7.15. The number of nitrogens with zero attached hydrogens (tertiary/aromatic N) is 1. The number of benzene rings is 2. The van der Waals surface area contributed by atoms with E-state index in [9.17, 15) is 10.1 Å². The SMILES string of the molecule is Cc1ccc(C(C#N)C(=O)CCc2ccccc2C)cc1. The lowest BCUT2D eigenvalue weighted by molar-refractivity contribution is -0.119. The molecule has 0 saturated carbocycles. The molecular weight excluding hydrogens is 258 g/mol. The Morgan fingerprint density at radius 3 is 2.38 bits per heavy atom. The third kappa shape index (κ3) is 3.79. The largest absolute Gasteiger partial charge is 0.298 e. The van der Waals surface area contributed by atoms with Crippen molar-refractivity contribution in [2.24, 2.45) is 0 Å². The van der Waals surface area contributed by atoms with Crippen molar-refractivity contribution >= 4 is 5.78 Å². The van der Waals surface area contributed by atoms with Crippen LogP contribution >= 0.6 is 0 Å². The maximum absolute atomic E-state index is 12.3. The van der Waals surface area contributed by atoms with Crippen molar-refractivity contribution in [2.75, 3.05) is 0 Å². The van der Waals surface area contributed by atoms with E-state index < -0.39 is 5.92 Å². The fraction of sp³-hybridized carbons (Fsp3) is 0.263. The number of carbonyl (C=O) groups is 1. The molecular formula is C19H19NO. The van der Waals surface area contributed by atoms with Crippen LogP contribution in [0.4, 0.5) is 0 Å². The summed E-state index contributed by atoms with van der Waals surface area (Å²) in [4.78, 5) is 12.3. The van der Waals surface area contributed by atoms with Gasteiger partial charge in [-0.3, -0.25) is 4.79 Å². The summed E-state index contributed by atoms with van der Waals surface area (Å²) in [7, 11) is 0. The fourth-order valence-corrected chi connectivity index (χ4v) is 2.38. The molecule has 1 atom stereocenters. The maximum Gasteiger partial charge on any atom is 0.154 e. The van der Waals surface area contributed by atoms with Gasteiger partial charge in [0.05, 0.1) is 6.07 Å². The lowest BCUT2D eigenvalue weighted by Gasteiger charge is -2.10. The summed E-state index contributed by atoms with van der Waals surface area (Å²) < 4.78 is 0. The van der Waals surface area contributed by atoms with Gasteiger partial charge in [-0.15, -0.1) is 0 Å². The number of hydrogen-bond donors (Lipinski definition) is 0. The smallest absolute Gasteiger partial charge is 0.154 e. The minimum Gasteiger partial charge on any atom is -0.298 e. The van der Waals surface area contributed by atoms with Gasteiger partial charge in [0.15, 0.2) is 5.78 Å². The molecule has 0 aliphatic heterocycles. The average molecular weight is 277 g/mol. The van der Waals surface area contributed by atoms with Gasteiger partial charge >= 0.3 is 0 Å². The predicted molar refractivity (Wildman–Crippen MR) is 84.0 cm³/mol. The highest BCUT2D eigenvalue weighted by molar-refractivity contribution is 5.88. The third-order valence-electron chi connectivity index (χ3n) is 3.76. The number of carbonyl (C=O) groups excluding carboxylic acids is 1. The van der Waals surface area contributed by atoms with E-state index in [0.717, 1.165) is 11.1 Å². The van der Waals surface area contributed by atoms with Gasteiger partial charge in [0.2, 0.25) is 0 Å². The normalized spacial score (nSPS) is 11.7. The van der Waals surface area contributed by atoms with Crippen LogP contribution in [-0.4, -0.2) is 5.78 Å². The molecule has 106 valence electrons. The number of hydrogen-bond acceptors (Lipinski definition) is 2. The topological polar surface area (TPSA) is 40.9 Å². The number of ketones is 1. The third-order valence-corrected chi connectivity index (χ3v) is 3.76. The zero-order valence-electron chi connectivity index (χ0n) is 12.5. The second kappa shape index (κ2) is 6.85. The minimum atomic E-state index is -0.658. The molecule has 1 unspecified atom stereocenters. The van der Waals surface area contributed by atoms with Crippen LogP contribution in [0.25, 0.3) is 0 Å². The lowest BCUT2D eigenvalue weighted by atomic mass is 9.91. The quantitative estimate of drug-likeness (QED) is 0.825. The molecule has 0 heterocycles. The summed E-state index contributed by atoms with van der Waals surface area (Å²) in [6, 6.07) is 17.8. The Morgan fingerprint density at radius 1 is 1.10 bits per heavy atom. The van der Waals surface area contributed by atoms with Gasteiger partial charge in [-0.2, -0.15) is 5.26 Å². The van der Waals surface area contributed by atoms with Gasteiger partial charge in [0.1, 0.15) is 5.92 Å². The first-order valence-corrected chi connectivity index (χ1v) is 7.15. The monoisotopic (exact) mass is 277 g/mol. The highest BCUT2D eigenvalue weighted by atomic mass is 16.1. The molecule has 2 heteroatoms. The first kappa shape index (κ1) is 15.0. The van der Waals surface area contributed by atoms with Crippen molar-refractivity contribution in [1.29, 1.82) is 5.26 Å². The molecule has 0 bridgehead atoms. The van der Waals surface area contributed by atoms with Gasteiger partial charge in [-0.25, -0.2) is 0 Å². The number of aryl methyl sites for hydroxylation is 3. The average Bonchev–Trinajstić information content (AvgIpc) is 2.49. The molecule has 0 aliphatic rings. The summed E-state index contributed by atoms with van der Waals surface area (Å²) in [6.07, 6.45) is 1.09. The Kier molecular flexibility index (Phi) is 4.90. The summed E-state index contributed by atoms with van der Waals surface area (Å²) in [5, 5.41) is 9.30. The number of Topliss-reactive ketones (excluding diaryl/α,β-unsaturated/α-hetero) is 1. The minimum absolute atomic E-state index is 0.00962. The number of rotatable bonds is 5. The Hall–Kier alpha value is -2.40. The van der Waals surface area contributed by atoms with Crippen molar-refractivity contribution in [2.45, 2.75) is 32.6 Å². The Morgan fingerprint density at radius 2 is 1.76 bits per heavy atom. The van der Waals surface area contributed by atoms with Crippen molar-refractivity contribution in [3.05, 3.63) is 70.8 Å². The van der Waals surface area contributed by atoms with Crippen molar-refractivity contribution in [3.8, 4) is 6.07 Å². The number of nitriles is 1. The maximum atomic E-state index is 12.3. The van der Waals surface area contributed by atoms with Crippen LogP contribution in [-0.2, 0) is 11.2 Å². The van der Waals surface area contributed by atoms with E-state index in [-0.39, 0.29) is 5.78 Å². The highest BCUT2D eigenvalue weighted by Gasteiger charge is 2.19. The Bertz CT molecular complexity index is 665. The van der Waals surface area contributed by atoms with E-state index in [4.69, 9.17) is 0 Å². The van der Waals surface area contributed by atoms with Crippen LogP contribution in [0.15, 0.2) is 48.5 Å². The molecule has 0 aliphatic carbocycles. The van der Waals surface area contributed by atoms with E-state index in [1.165, 1.54) is 11.1 Å². The summed E-state index contributed by atoms with van der Waals surface area (Å²) in [5.74, 6) is -0.667. The van der Waals surface area contributed by atoms with E-state index in [1.807, 2.05) is 62.4 Å². The van der Waals surface area contributed by atoms with E-state index in [2.05, 4.69) is 6.07 Å². The van der Waals surface area contributed by atoms with Gasteiger partial charge in [0.25, 0.3) is 0 Å². The van der Waals surface area contributed by atoms with Crippen molar-refractivity contribution < 1.29 is 4.79 Å². The van der Waals surface area contributed by atoms with E-state index in [0.29, 0.717) is 12.8 Å². The summed E-state index contributed by atoms with van der Waals surface area (Å²) in [5.41, 5.74) is 4.28. The molecule has 0 amide bonds. The predicted octanol–water partition coefficient (Wildman–Crippen LogP) is 4.11. The van der Waals surface area contributed by atoms with Crippen LogP contribution in [0.1, 0.15) is 34.6 Å². The van der Waals surface area contributed by atoms with Crippen molar-refractivity contribution in [3.63, 3.8) is 0 Å². The molecule has 2 aromatic carbocycles. The fourth-order valence-electron chi connectivity index (χ4n) is 2.38. The van der Waals surface area contributed by atoms with E-state index in [1.54, 1.807) is 0 Å². The molecule has 0 radical (unpaired) electrons. The molecule has 0 saturated heterocycles. The first-order chi connectivity index (χ1) is 10.1. The zero-order chi connectivity index (χ0) is 15.2. The molecule has 0 fully saturated rings. The standard InChI is InChI=1S/C19H19NO/c1-14-7-9-17(10-8-14)18(13-20)19(21)12-11-16-6-4-3-5-15(16)2/h3-10,18H,11-12H2,1-2H3. The van der Waals surface area contributed by atoms with Crippen LogP contribution in [0.3, 0.4) is 0 Å². The molecule has 0 spiro atoms. The highest BCUT2D eigenvalue weighted by Crippen LogP contribution is 2.20. The summed E-state index contributed by atoms with van der Waals surface area (Å²) >= 11 is 0. The molecule has 2 nitrogen and oxygen atoms in total. The van der Waals surface area contributed by atoms with Gasteiger partial charge < -0.3 is 0 Å². The molecule has 0 aromatic heterocycles. The molecule has 21 heavy (non-hydrogen) atoms. The molecule has 2 rings (SSSR count). The van der Waals surface area contributed by atoms with E-state index >= 15 is 0 Å². The second-order valence-corrected chi connectivity index (χ2v) is 5.37. The molecule has 0 N–H and O–H groups in total. The van der Waals surface area contributed by atoms with Crippen LogP contribution in [0.2, 0.25) is 0 Å². The zero-order valence-corrected chi connectivity index (χ0v) is 12.5. The van der Waals surface area contributed by atoms with Crippen LogP contribution in [0.5, 0.6) is 0 Å². The Labute approximate surface area is 126 Å². The van der Waals surface area contributed by atoms with Gasteiger partial charge in [0, 0.05) is 6.42 Å². The van der Waals surface area contributed by atoms with Crippen LogP contribution in [0, 0.1) is 25.2 Å².